The van der Waals surface area contributed by atoms with Crippen LogP contribution in [0.3, 0.4) is 0 Å². The minimum absolute atomic E-state index is 0.143. The summed E-state index contributed by atoms with van der Waals surface area (Å²) < 4.78 is 46.7. The SMILES string of the molecule is O=S(=O)(c1cccs1)N(CCc1c[nH]c2ccc(F)cc12)Cc1ccco1. The number of benzene rings is 1. The smallest absolute Gasteiger partial charge is 0.252 e. The first-order valence-electron chi connectivity index (χ1n) is 8.35. The molecule has 0 aliphatic carbocycles. The van der Waals surface area contributed by atoms with Gasteiger partial charge in [0.05, 0.1) is 12.8 Å². The van der Waals surface area contributed by atoms with Crippen LogP contribution in [0.1, 0.15) is 11.3 Å². The molecule has 0 fully saturated rings. The van der Waals surface area contributed by atoms with Crippen molar-refractivity contribution in [3.05, 3.63) is 77.4 Å². The number of furan rings is 1. The van der Waals surface area contributed by atoms with E-state index in [2.05, 4.69) is 4.98 Å². The van der Waals surface area contributed by atoms with E-state index in [-0.39, 0.29) is 18.9 Å². The number of H-pyrrole nitrogens is 1. The van der Waals surface area contributed by atoms with Gasteiger partial charge in [0, 0.05) is 23.6 Å². The third kappa shape index (κ3) is 3.69. The highest BCUT2D eigenvalue weighted by Gasteiger charge is 2.26. The number of aromatic amines is 1. The van der Waals surface area contributed by atoms with Gasteiger partial charge in [0.25, 0.3) is 10.0 Å². The number of hydrogen-bond donors (Lipinski definition) is 1. The molecule has 1 aromatic carbocycles. The summed E-state index contributed by atoms with van der Waals surface area (Å²) in [4.78, 5) is 3.10. The molecule has 8 heteroatoms. The Bertz CT molecular complexity index is 1130. The lowest BCUT2D eigenvalue weighted by Crippen LogP contribution is -2.32. The first kappa shape index (κ1) is 18.0. The zero-order valence-corrected chi connectivity index (χ0v) is 15.9. The van der Waals surface area contributed by atoms with E-state index in [0.717, 1.165) is 16.5 Å². The second-order valence-electron chi connectivity index (χ2n) is 6.10. The van der Waals surface area contributed by atoms with Crippen LogP contribution in [0.25, 0.3) is 10.9 Å². The molecule has 0 amide bonds. The fourth-order valence-corrected chi connectivity index (χ4v) is 5.55. The lowest BCUT2D eigenvalue weighted by atomic mass is 10.1. The van der Waals surface area contributed by atoms with Gasteiger partial charge in [0.2, 0.25) is 0 Å². The molecular formula is C19H17FN2O3S2. The minimum atomic E-state index is -3.64. The number of halogens is 1. The summed E-state index contributed by atoms with van der Waals surface area (Å²) in [7, 11) is -3.64. The number of sulfonamides is 1. The van der Waals surface area contributed by atoms with Crippen molar-refractivity contribution in [2.75, 3.05) is 6.54 Å². The molecule has 0 unspecified atom stereocenters. The molecule has 1 N–H and O–H groups in total. The molecule has 0 spiro atoms. The van der Waals surface area contributed by atoms with Crippen molar-refractivity contribution in [3.63, 3.8) is 0 Å². The van der Waals surface area contributed by atoms with Crippen molar-refractivity contribution in [2.45, 2.75) is 17.2 Å². The molecule has 0 bridgehead atoms. The van der Waals surface area contributed by atoms with Gasteiger partial charge in [0.15, 0.2) is 0 Å². The number of rotatable bonds is 7. The normalized spacial score (nSPS) is 12.2. The molecule has 5 nitrogen and oxygen atoms in total. The summed E-state index contributed by atoms with van der Waals surface area (Å²) in [6.07, 6.45) is 3.77. The summed E-state index contributed by atoms with van der Waals surface area (Å²) >= 11 is 1.18. The monoisotopic (exact) mass is 404 g/mol. The Hall–Kier alpha value is -2.42. The molecule has 27 heavy (non-hydrogen) atoms. The number of hydrogen-bond acceptors (Lipinski definition) is 4. The Kier molecular flexibility index (Phi) is 4.86. The summed E-state index contributed by atoms with van der Waals surface area (Å²) in [5.74, 6) is 0.252. The molecule has 4 aromatic rings. The van der Waals surface area contributed by atoms with Crippen LogP contribution in [-0.2, 0) is 23.0 Å². The summed E-state index contributed by atoms with van der Waals surface area (Å²) in [5, 5.41) is 2.50. The molecule has 0 radical (unpaired) electrons. The molecule has 4 rings (SSSR count). The van der Waals surface area contributed by atoms with Crippen molar-refractivity contribution >= 4 is 32.3 Å². The summed E-state index contributed by atoms with van der Waals surface area (Å²) in [6.45, 7) is 0.397. The minimum Gasteiger partial charge on any atom is -0.468 e. The predicted octanol–water partition coefficient (Wildman–Crippen LogP) is 4.40. The third-order valence-corrected chi connectivity index (χ3v) is 7.58. The Balaban J connectivity index is 1.61. The van der Waals surface area contributed by atoms with Gasteiger partial charge < -0.3 is 9.40 Å². The first-order valence-corrected chi connectivity index (χ1v) is 10.7. The largest absolute Gasteiger partial charge is 0.468 e. The number of nitrogens with zero attached hydrogens (tertiary/aromatic N) is 1. The average Bonchev–Trinajstić information content (AvgIpc) is 3.40. The average molecular weight is 404 g/mol. The van der Waals surface area contributed by atoms with Crippen LogP contribution < -0.4 is 0 Å². The van der Waals surface area contributed by atoms with E-state index in [1.807, 2.05) is 0 Å². The van der Waals surface area contributed by atoms with Crippen LogP contribution in [0.5, 0.6) is 0 Å². The van der Waals surface area contributed by atoms with Gasteiger partial charge in [-0.2, -0.15) is 4.31 Å². The molecule has 3 heterocycles. The lowest BCUT2D eigenvalue weighted by Gasteiger charge is -2.20. The van der Waals surface area contributed by atoms with Gasteiger partial charge >= 0.3 is 0 Å². The molecule has 0 atom stereocenters. The van der Waals surface area contributed by atoms with E-state index in [1.165, 1.54) is 34.0 Å². The van der Waals surface area contributed by atoms with Crippen LogP contribution in [-0.4, -0.2) is 24.3 Å². The van der Waals surface area contributed by atoms with Gasteiger partial charge in [-0.1, -0.05) is 6.07 Å². The molecule has 3 aromatic heterocycles. The maximum Gasteiger partial charge on any atom is 0.252 e. The fraction of sp³-hybridized carbons (Fsp3) is 0.158. The van der Waals surface area contributed by atoms with Gasteiger partial charge in [-0.25, -0.2) is 12.8 Å². The highest BCUT2D eigenvalue weighted by Crippen LogP contribution is 2.25. The zero-order valence-electron chi connectivity index (χ0n) is 14.3. The molecule has 0 saturated heterocycles. The highest BCUT2D eigenvalue weighted by molar-refractivity contribution is 7.91. The van der Waals surface area contributed by atoms with Gasteiger partial charge in [-0.15, -0.1) is 11.3 Å². The van der Waals surface area contributed by atoms with Crippen molar-refractivity contribution in [3.8, 4) is 0 Å². The topological polar surface area (TPSA) is 66.3 Å². The van der Waals surface area contributed by atoms with Gasteiger partial charge in [0.1, 0.15) is 15.8 Å². The lowest BCUT2D eigenvalue weighted by molar-refractivity contribution is 0.367. The number of nitrogens with one attached hydrogen (secondary N) is 1. The van der Waals surface area contributed by atoms with E-state index in [9.17, 15) is 12.8 Å². The number of aromatic nitrogens is 1. The molecule has 0 aliphatic heterocycles. The summed E-state index contributed by atoms with van der Waals surface area (Å²) in [5.41, 5.74) is 1.69. The van der Waals surface area contributed by atoms with Crippen LogP contribution >= 0.6 is 11.3 Å². The van der Waals surface area contributed by atoms with E-state index in [4.69, 9.17) is 4.42 Å². The standard InChI is InChI=1S/C19H17FN2O3S2/c20-15-5-6-18-17(11-15)14(12-21-18)7-8-22(13-16-3-1-9-25-16)27(23,24)19-4-2-10-26-19/h1-6,9-12,21H,7-8,13H2. The Morgan fingerprint density at radius 2 is 2.07 bits per heavy atom. The van der Waals surface area contributed by atoms with Crippen molar-refractivity contribution < 1.29 is 17.2 Å². The maximum atomic E-state index is 13.6. The van der Waals surface area contributed by atoms with Crippen LogP contribution in [0.2, 0.25) is 0 Å². The quantitative estimate of drug-likeness (QED) is 0.497. The van der Waals surface area contributed by atoms with E-state index < -0.39 is 10.0 Å². The molecule has 140 valence electrons. The molecule has 0 saturated carbocycles. The van der Waals surface area contributed by atoms with E-state index in [0.29, 0.717) is 16.4 Å². The highest BCUT2D eigenvalue weighted by atomic mass is 32.2. The van der Waals surface area contributed by atoms with Gasteiger partial charge in [-0.05, 0) is 53.8 Å². The van der Waals surface area contributed by atoms with Crippen LogP contribution in [0.4, 0.5) is 4.39 Å². The second-order valence-corrected chi connectivity index (χ2v) is 9.22. The maximum absolute atomic E-state index is 13.6. The predicted molar refractivity (Wildman–Crippen MR) is 103 cm³/mol. The second kappa shape index (κ2) is 7.30. The van der Waals surface area contributed by atoms with Crippen molar-refractivity contribution in [1.82, 2.24) is 9.29 Å². The Labute approximate surface area is 160 Å². The Morgan fingerprint density at radius 3 is 2.81 bits per heavy atom. The molecular weight excluding hydrogens is 387 g/mol. The molecule has 0 aliphatic rings. The van der Waals surface area contributed by atoms with Gasteiger partial charge in [-0.3, -0.25) is 0 Å². The summed E-state index contributed by atoms with van der Waals surface area (Å²) in [6, 6.07) is 11.3. The van der Waals surface area contributed by atoms with E-state index >= 15 is 0 Å². The first-order chi connectivity index (χ1) is 13.0. The van der Waals surface area contributed by atoms with Crippen molar-refractivity contribution in [2.24, 2.45) is 0 Å². The zero-order chi connectivity index (χ0) is 18.9. The third-order valence-electron chi connectivity index (χ3n) is 4.36. The van der Waals surface area contributed by atoms with Crippen LogP contribution in [0, 0.1) is 5.82 Å². The van der Waals surface area contributed by atoms with E-state index in [1.54, 1.807) is 41.9 Å². The number of thiophene rings is 1. The number of fused-ring (bicyclic) bond motifs is 1. The Morgan fingerprint density at radius 1 is 1.19 bits per heavy atom. The van der Waals surface area contributed by atoms with Crippen LogP contribution in [0.15, 0.2) is 68.9 Å². The fourth-order valence-electron chi connectivity index (χ4n) is 3.00. The van der Waals surface area contributed by atoms with Crippen molar-refractivity contribution in [1.29, 1.82) is 0 Å².